The summed E-state index contributed by atoms with van der Waals surface area (Å²) in [5.41, 5.74) is 4.20. The molecule has 2 aromatic heterocycles. The second-order valence-corrected chi connectivity index (χ2v) is 7.73. The van der Waals surface area contributed by atoms with E-state index in [1.165, 1.54) is 10.9 Å². The van der Waals surface area contributed by atoms with Crippen LogP contribution in [0.4, 0.5) is 0 Å². The summed E-state index contributed by atoms with van der Waals surface area (Å²) >= 11 is 6.29. The van der Waals surface area contributed by atoms with Gasteiger partial charge in [-0.1, -0.05) is 48.0 Å². The van der Waals surface area contributed by atoms with Gasteiger partial charge in [0.2, 0.25) is 5.91 Å². The van der Waals surface area contributed by atoms with E-state index in [0.717, 1.165) is 23.4 Å². The molecule has 0 bridgehead atoms. The van der Waals surface area contributed by atoms with Crippen molar-refractivity contribution in [1.82, 2.24) is 14.9 Å². The highest BCUT2D eigenvalue weighted by atomic mass is 35.5. The zero-order chi connectivity index (χ0) is 20.9. The van der Waals surface area contributed by atoms with Crippen LogP contribution in [0.1, 0.15) is 36.1 Å². The van der Waals surface area contributed by atoms with E-state index in [1.807, 2.05) is 54.6 Å². The second kappa shape index (κ2) is 9.14. The first kappa shape index (κ1) is 20.2. The number of amides is 1. The number of aromatic nitrogens is 2. The zero-order valence-electron chi connectivity index (χ0n) is 16.9. The number of carbonyl (C=O) groups is 1. The molecule has 0 saturated heterocycles. The van der Waals surface area contributed by atoms with Crippen molar-refractivity contribution in [2.45, 2.75) is 32.4 Å². The maximum absolute atomic E-state index is 12.9. The Morgan fingerprint density at radius 3 is 2.70 bits per heavy atom. The van der Waals surface area contributed by atoms with Crippen LogP contribution >= 0.6 is 11.6 Å². The van der Waals surface area contributed by atoms with Crippen LogP contribution in [-0.2, 0) is 17.9 Å². The van der Waals surface area contributed by atoms with Gasteiger partial charge in [0.25, 0.3) is 0 Å². The Morgan fingerprint density at radius 2 is 1.93 bits per heavy atom. The monoisotopic (exact) mass is 417 g/mol. The highest BCUT2D eigenvalue weighted by Crippen LogP contribution is 2.35. The fourth-order valence-corrected chi connectivity index (χ4v) is 4.09. The molecule has 0 aliphatic rings. The Labute approximate surface area is 181 Å². The first-order valence-corrected chi connectivity index (χ1v) is 10.5. The number of hydrogen-bond acceptors (Lipinski definition) is 2. The van der Waals surface area contributed by atoms with Crippen LogP contribution in [0.15, 0.2) is 79.1 Å². The third-order valence-electron chi connectivity index (χ3n) is 5.37. The number of rotatable bonds is 7. The third-order valence-corrected chi connectivity index (χ3v) is 5.60. The fraction of sp³-hybridized carbons (Fsp3) is 0.200. The molecule has 1 amide bonds. The van der Waals surface area contributed by atoms with E-state index in [-0.39, 0.29) is 11.8 Å². The molecule has 0 radical (unpaired) electrons. The largest absolute Gasteiger partial charge is 0.350 e. The minimum atomic E-state index is -0.0925. The summed E-state index contributed by atoms with van der Waals surface area (Å²) in [6.07, 6.45) is 4.24. The average Bonchev–Trinajstić information content (AvgIpc) is 3.15. The molecule has 4 nitrogen and oxygen atoms in total. The van der Waals surface area contributed by atoms with Gasteiger partial charge in [0, 0.05) is 47.2 Å². The first-order chi connectivity index (χ1) is 14.7. The lowest BCUT2D eigenvalue weighted by atomic mass is 9.88. The predicted octanol–water partition coefficient (Wildman–Crippen LogP) is 5.55. The van der Waals surface area contributed by atoms with Gasteiger partial charge >= 0.3 is 0 Å². The van der Waals surface area contributed by atoms with Gasteiger partial charge in [-0.3, -0.25) is 9.78 Å². The van der Waals surface area contributed by atoms with Crippen molar-refractivity contribution < 1.29 is 4.79 Å². The summed E-state index contributed by atoms with van der Waals surface area (Å²) in [6.45, 7) is 3.41. The van der Waals surface area contributed by atoms with Crippen LogP contribution in [-0.4, -0.2) is 15.5 Å². The van der Waals surface area contributed by atoms with E-state index < -0.39 is 0 Å². The predicted molar refractivity (Wildman–Crippen MR) is 122 cm³/mol. The molecule has 30 heavy (non-hydrogen) atoms. The van der Waals surface area contributed by atoms with Crippen LogP contribution in [0.5, 0.6) is 0 Å². The molecule has 1 unspecified atom stereocenters. The molecule has 1 atom stereocenters. The Morgan fingerprint density at radius 1 is 1.10 bits per heavy atom. The molecular weight excluding hydrogens is 394 g/mol. The Bertz CT molecular complexity index is 1150. The number of hydrogen-bond donors (Lipinski definition) is 1. The number of aryl methyl sites for hydroxylation is 1. The SMILES string of the molecule is CCn1cc(C(CC(=O)NCc2ccccn2)c2cccc(Cl)c2)c2ccccc21. The fourth-order valence-electron chi connectivity index (χ4n) is 3.89. The van der Waals surface area contributed by atoms with Crippen LogP contribution in [0.25, 0.3) is 10.9 Å². The summed E-state index contributed by atoms with van der Waals surface area (Å²) in [6, 6.07) is 21.8. The minimum absolute atomic E-state index is 0.0149. The van der Waals surface area contributed by atoms with Crippen LogP contribution in [0.3, 0.4) is 0 Å². The van der Waals surface area contributed by atoms with E-state index in [0.29, 0.717) is 18.0 Å². The molecule has 5 heteroatoms. The number of nitrogens with zero attached hydrogens (tertiary/aromatic N) is 2. The van der Waals surface area contributed by atoms with Gasteiger partial charge in [-0.2, -0.15) is 0 Å². The van der Waals surface area contributed by atoms with Crippen LogP contribution < -0.4 is 5.32 Å². The van der Waals surface area contributed by atoms with Gasteiger partial charge in [0.15, 0.2) is 0 Å². The van der Waals surface area contributed by atoms with E-state index in [4.69, 9.17) is 11.6 Å². The Kier molecular flexibility index (Phi) is 6.15. The molecule has 1 N–H and O–H groups in total. The molecule has 0 fully saturated rings. The van der Waals surface area contributed by atoms with Crippen molar-refractivity contribution in [3.8, 4) is 0 Å². The van der Waals surface area contributed by atoms with Gasteiger partial charge < -0.3 is 9.88 Å². The van der Waals surface area contributed by atoms with Crippen LogP contribution in [0.2, 0.25) is 5.02 Å². The van der Waals surface area contributed by atoms with Gasteiger partial charge in [-0.15, -0.1) is 0 Å². The van der Waals surface area contributed by atoms with E-state index in [2.05, 4.69) is 40.1 Å². The lowest BCUT2D eigenvalue weighted by Gasteiger charge is -2.17. The molecule has 0 saturated carbocycles. The highest BCUT2D eigenvalue weighted by Gasteiger charge is 2.23. The number of halogens is 1. The summed E-state index contributed by atoms with van der Waals surface area (Å²) in [4.78, 5) is 17.2. The topological polar surface area (TPSA) is 46.9 Å². The van der Waals surface area contributed by atoms with Gasteiger partial charge in [-0.25, -0.2) is 0 Å². The zero-order valence-corrected chi connectivity index (χ0v) is 17.6. The molecule has 2 aromatic carbocycles. The number of nitrogens with one attached hydrogen (secondary N) is 1. The van der Waals surface area contributed by atoms with E-state index >= 15 is 0 Å². The second-order valence-electron chi connectivity index (χ2n) is 7.30. The standard InChI is InChI=1S/C25H24ClN3O/c1-2-29-17-23(21-11-3-4-12-24(21)29)22(18-8-7-9-19(26)14-18)15-25(30)28-16-20-10-5-6-13-27-20/h3-14,17,22H,2,15-16H2,1H3,(H,28,30). The van der Waals surface area contributed by atoms with Crippen molar-refractivity contribution in [2.24, 2.45) is 0 Å². The van der Waals surface area contributed by atoms with Gasteiger partial charge in [0.1, 0.15) is 0 Å². The first-order valence-electron chi connectivity index (χ1n) is 10.2. The number of benzene rings is 2. The van der Waals surface area contributed by atoms with Crippen LogP contribution in [0, 0.1) is 0 Å². The van der Waals surface area contributed by atoms with Gasteiger partial charge in [0.05, 0.1) is 12.2 Å². The average molecular weight is 418 g/mol. The number of para-hydroxylation sites is 1. The number of carbonyl (C=O) groups excluding carboxylic acids is 1. The van der Waals surface area contributed by atoms with Crippen molar-refractivity contribution in [3.05, 3.63) is 101 Å². The lowest BCUT2D eigenvalue weighted by molar-refractivity contribution is -0.121. The molecule has 152 valence electrons. The molecule has 0 spiro atoms. The third kappa shape index (κ3) is 4.39. The molecule has 4 aromatic rings. The Balaban J connectivity index is 1.67. The Hall–Kier alpha value is -3.11. The molecular formula is C25H24ClN3O. The summed E-state index contributed by atoms with van der Waals surface area (Å²) < 4.78 is 2.23. The maximum atomic E-state index is 12.9. The molecule has 2 heterocycles. The van der Waals surface area contributed by atoms with Gasteiger partial charge in [-0.05, 0) is 48.4 Å². The highest BCUT2D eigenvalue weighted by molar-refractivity contribution is 6.30. The van der Waals surface area contributed by atoms with Crippen molar-refractivity contribution in [2.75, 3.05) is 0 Å². The lowest BCUT2D eigenvalue weighted by Crippen LogP contribution is -2.25. The minimum Gasteiger partial charge on any atom is -0.350 e. The smallest absolute Gasteiger partial charge is 0.221 e. The van der Waals surface area contributed by atoms with E-state index in [9.17, 15) is 4.79 Å². The number of pyridine rings is 1. The summed E-state index contributed by atoms with van der Waals surface area (Å²) in [7, 11) is 0. The quantitative estimate of drug-likeness (QED) is 0.428. The van der Waals surface area contributed by atoms with Crippen molar-refractivity contribution in [1.29, 1.82) is 0 Å². The molecule has 0 aliphatic carbocycles. The summed E-state index contributed by atoms with van der Waals surface area (Å²) in [5.74, 6) is -0.107. The number of fused-ring (bicyclic) bond motifs is 1. The van der Waals surface area contributed by atoms with E-state index in [1.54, 1.807) is 6.20 Å². The van der Waals surface area contributed by atoms with Crippen molar-refractivity contribution >= 4 is 28.4 Å². The molecule has 4 rings (SSSR count). The normalized spacial score (nSPS) is 12.1. The van der Waals surface area contributed by atoms with Crippen molar-refractivity contribution in [3.63, 3.8) is 0 Å². The maximum Gasteiger partial charge on any atom is 0.221 e. The molecule has 0 aliphatic heterocycles. The summed E-state index contributed by atoms with van der Waals surface area (Å²) in [5, 5.41) is 4.85.